The van der Waals surface area contributed by atoms with Gasteiger partial charge in [0.1, 0.15) is 11.4 Å². The first kappa shape index (κ1) is 23.9. The first-order valence-corrected chi connectivity index (χ1v) is 11.6. The van der Waals surface area contributed by atoms with E-state index in [0.717, 1.165) is 16.2 Å². The van der Waals surface area contributed by atoms with Crippen molar-refractivity contribution in [3.63, 3.8) is 0 Å². The zero-order valence-corrected chi connectivity index (χ0v) is 19.9. The summed E-state index contributed by atoms with van der Waals surface area (Å²) in [6.07, 6.45) is 0.953. The Morgan fingerprint density at radius 1 is 1.06 bits per heavy atom. The highest BCUT2D eigenvalue weighted by Crippen LogP contribution is 2.51. The molecule has 4 atom stereocenters. The summed E-state index contributed by atoms with van der Waals surface area (Å²) in [7, 11) is 3.87. The van der Waals surface area contributed by atoms with Gasteiger partial charge in [0.15, 0.2) is 0 Å². The van der Waals surface area contributed by atoms with Gasteiger partial charge in [-0.3, -0.25) is 19.7 Å². The number of nitrogens with one attached hydrogen (secondary N) is 1. The number of hydrogen-bond acceptors (Lipinski definition) is 6. The molecule has 2 saturated heterocycles. The highest BCUT2D eigenvalue weighted by molar-refractivity contribution is 6.24. The van der Waals surface area contributed by atoms with Crippen molar-refractivity contribution in [3.05, 3.63) is 59.9 Å². The number of rotatable bonds is 7. The van der Waals surface area contributed by atoms with Gasteiger partial charge < -0.3 is 9.64 Å². The topological polar surface area (TPSA) is 79.0 Å². The third-order valence-corrected chi connectivity index (χ3v) is 6.79. The van der Waals surface area contributed by atoms with Crippen LogP contribution in [0.4, 0.5) is 15.8 Å². The minimum atomic E-state index is -1.33. The number of amides is 2. The van der Waals surface area contributed by atoms with Gasteiger partial charge in [-0.05, 0) is 55.3 Å². The summed E-state index contributed by atoms with van der Waals surface area (Å²) < 4.78 is 18.9. The monoisotopic (exact) mass is 467 g/mol. The van der Waals surface area contributed by atoms with Gasteiger partial charge in [0.05, 0.1) is 24.1 Å². The molecule has 7 nitrogen and oxygen atoms in total. The summed E-state index contributed by atoms with van der Waals surface area (Å²) in [5.74, 6) is -3.58. The van der Waals surface area contributed by atoms with Crippen LogP contribution >= 0.6 is 0 Å². The van der Waals surface area contributed by atoms with Gasteiger partial charge in [-0.2, -0.15) is 0 Å². The lowest BCUT2D eigenvalue weighted by atomic mass is 9.77. The van der Waals surface area contributed by atoms with E-state index in [2.05, 4.69) is 5.32 Å². The van der Waals surface area contributed by atoms with E-state index in [0.29, 0.717) is 18.5 Å². The van der Waals surface area contributed by atoms with Crippen LogP contribution in [-0.4, -0.2) is 44.0 Å². The molecule has 2 fully saturated rings. The largest absolute Gasteiger partial charge is 0.465 e. The molecule has 0 aromatic heterocycles. The van der Waals surface area contributed by atoms with Gasteiger partial charge in [-0.1, -0.05) is 25.5 Å². The van der Waals surface area contributed by atoms with Crippen molar-refractivity contribution in [3.8, 4) is 0 Å². The number of imide groups is 1. The normalized spacial score (nSPS) is 26.0. The van der Waals surface area contributed by atoms with E-state index in [-0.39, 0.29) is 6.61 Å². The third kappa shape index (κ3) is 3.76. The molecular weight excluding hydrogens is 437 g/mol. The molecule has 0 unspecified atom stereocenters. The van der Waals surface area contributed by atoms with Crippen molar-refractivity contribution in [1.82, 2.24) is 5.32 Å². The molecule has 0 bridgehead atoms. The Morgan fingerprint density at radius 2 is 1.71 bits per heavy atom. The predicted octanol–water partition coefficient (Wildman–Crippen LogP) is 3.44. The molecule has 34 heavy (non-hydrogen) atoms. The molecule has 8 heteroatoms. The third-order valence-electron chi connectivity index (χ3n) is 6.79. The van der Waals surface area contributed by atoms with Crippen LogP contribution in [-0.2, 0) is 19.1 Å². The van der Waals surface area contributed by atoms with E-state index in [4.69, 9.17) is 4.74 Å². The van der Waals surface area contributed by atoms with E-state index >= 15 is 0 Å². The molecule has 2 amide bonds. The Balaban J connectivity index is 1.83. The number of nitrogens with zero attached hydrogens (tertiary/aromatic N) is 2. The van der Waals surface area contributed by atoms with Crippen molar-refractivity contribution >= 4 is 29.2 Å². The Hall–Kier alpha value is -3.26. The van der Waals surface area contributed by atoms with Gasteiger partial charge in [0, 0.05) is 25.8 Å². The van der Waals surface area contributed by atoms with E-state index in [1.165, 1.54) is 24.3 Å². The second kappa shape index (κ2) is 9.18. The summed E-state index contributed by atoms with van der Waals surface area (Å²) in [5.41, 5.74) is 0.763. The minimum Gasteiger partial charge on any atom is -0.465 e. The Bertz CT molecular complexity index is 1090. The molecule has 0 radical (unpaired) electrons. The SMILES string of the molecule is CCC[C@]1(C(=O)OCC)N[C@H](c2ccc(N(C)C)cc2)[C@H]2C(=O)N(c3ccc(F)cc3)C(=O)[C@H]21. The molecule has 180 valence electrons. The summed E-state index contributed by atoms with van der Waals surface area (Å²) in [5, 5.41) is 3.38. The Labute approximate surface area is 198 Å². The second-order valence-corrected chi connectivity index (χ2v) is 9.04. The summed E-state index contributed by atoms with van der Waals surface area (Å²) in [4.78, 5) is 43.9. The van der Waals surface area contributed by atoms with Crippen molar-refractivity contribution in [2.45, 2.75) is 38.3 Å². The van der Waals surface area contributed by atoms with Gasteiger partial charge >= 0.3 is 5.97 Å². The first-order chi connectivity index (χ1) is 16.2. The van der Waals surface area contributed by atoms with Gasteiger partial charge in [0.25, 0.3) is 0 Å². The van der Waals surface area contributed by atoms with E-state index in [1.807, 2.05) is 50.2 Å². The number of ether oxygens (including phenoxy) is 1. The van der Waals surface area contributed by atoms with E-state index < -0.39 is 47.0 Å². The van der Waals surface area contributed by atoms with E-state index in [9.17, 15) is 18.8 Å². The highest BCUT2D eigenvalue weighted by Gasteiger charge is 2.68. The van der Waals surface area contributed by atoms with Crippen LogP contribution in [0.5, 0.6) is 0 Å². The molecule has 4 rings (SSSR count). The van der Waals surface area contributed by atoms with Crippen molar-refractivity contribution < 1.29 is 23.5 Å². The standard InChI is InChI=1S/C26H30FN3O4/c1-5-15-26(25(33)34-6-2)21-20(22(28-26)16-7-11-18(12-8-16)29(3)4)23(31)30(24(21)32)19-13-9-17(27)10-14-19/h7-14,20-22,28H,5-6,15H2,1-4H3/t20-,21-,22+,26-/m0/s1. The fourth-order valence-electron chi connectivity index (χ4n) is 5.29. The molecule has 2 heterocycles. The number of carbonyl (C=O) groups is 3. The maximum atomic E-state index is 13.8. The van der Waals surface area contributed by atoms with Crippen LogP contribution in [0.2, 0.25) is 0 Å². The molecule has 0 spiro atoms. The molecule has 0 saturated carbocycles. The lowest BCUT2D eigenvalue weighted by molar-refractivity contribution is -0.155. The molecule has 2 aromatic rings. The van der Waals surface area contributed by atoms with Crippen LogP contribution in [0, 0.1) is 17.7 Å². The average molecular weight is 468 g/mol. The minimum absolute atomic E-state index is 0.162. The molecule has 2 aliphatic heterocycles. The number of benzene rings is 2. The number of fused-ring (bicyclic) bond motifs is 1. The lowest BCUT2D eigenvalue weighted by Crippen LogP contribution is -2.56. The first-order valence-electron chi connectivity index (χ1n) is 11.6. The van der Waals surface area contributed by atoms with Crippen LogP contribution in [0.15, 0.2) is 48.5 Å². The number of halogens is 1. The fourth-order valence-corrected chi connectivity index (χ4v) is 5.29. The van der Waals surface area contributed by atoms with Gasteiger partial charge in [-0.25, -0.2) is 9.29 Å². The number of anilines is 2. The summed E-state index contributed by atoms with van der Waals surface area (Å²) in [6.45, 7) is 3.80. The molecule has 2 aromatic carbocycles. The Morgan fingerprint density at radius 3 is 2.26 bits per heavy atom. The molecule has 2 aliphatic rings. The second-order valence-electron chi connectivity index (χ2n) is 9.04. The van der Waals surface area contributed by atoms with Gasteiger partial charge in [0.2, 0.25) is 11.8 Å². The molecule has 1 N–H and O–H groups in total. The maximum Gasteiger partial charge on any atom is 0.327 e. The number of carbonyl (C=O) groups excluding carboxylic acids is 3. The lowest BCUT2D eigenvalue weighted by Gasteiger charge is -2.32. The zero-order valence-electron chi connectivity index (χ0n) is 19.9. The number of esters is 1. The van der Waals surface area contributed by atoms with E-state index in [1.54, 1.807) is 6.92 Å². The van der Waals surface area contributed by atoms with Crippen LogP contribution in [0.3, 0.4) is 0 Å². The van der Waals surface area contributed by atoms with Crippen molar-refractivity contribution in [2.24, 2.45) is 11.8 Å². The van der Waals surface area contributed by atoms with Crippen LogP contribution in [0.1, 0.15) is 38.3 Å². The Kier molecular flexibility index (Phi) is 6.45. The van der Waals surface area contributed by atoms with Crippen LogP contribution in [0.25, 0.3) is 0 Å². The quantitative estimate of drug-likeness (QED) is 0.497. The molecular formula is C26H30FN3O4. The number of hydrogen-bond donors (Lipinski definition) is 1. The zero-order chi connectivity index (χ0) is 24.6. The van der Waals surface area contributed by atoms with Crippen molar-refractivity contribution in [1.29, 1.82) is 0 Å². The fraction of sp³-hybridized carbons (Fsp3) is 0.423. The summed E-state index contributed by atoms with van der Waals surface area (Å²) >= 11 is 0. The summed E-state index contributed by atoms with van der Waals surface area (Å²) in [6, 6.07) is 12.4. The highest BCUT2D eigenvalue weighted by atomic mass is 19.1. The maximum absolute atomic E-state index is 13.8. The van der Waals surface area contributed by atoms with Gasteiger partial charge in [-0.15, -0.1) is 0 Å². The predicted molar refractivity (Wildman–Crippen MR) is 127 cm³/mol. The average Bonchev–Trinajstić information content (AvgIpc) is 3.29. The molecule has 0 aliphatic carbocycles. The van der Waals surface area contributed by atoms with Crippen molar-refractivity contribution in [2.75, 3.05) is 30.5 Å². The van der Waals surface area contributed by atoms with Crippen LogP contribution < -0.4 is 15.1 Å². The smallest absolute Gasteiger partial charge is 0.327 e.